The second-order valence-electron chi connectivity index (χ2n) is 2.83. The molecule has 0 saturated heterocycles. The summed E-state index contributed by atoms with van der Waals surface area (Å²) in [5, 5.41) is 0. The van der Waals surface area contributed by atoms with E-state index in [0.717, 1.165) is 5.75 Å². The monoisotopic (exact) mass is 180 g/mol. The largest absolute Gasteiger partial charge is 0.126 e. The Labute approximate surface area is 79.4 Å². The molecule has 0 aromatic heterocycles. The predicted octanol–water partition coefficient (Wildman–Crippen LogP) is 3.75. The van der Waals surface area contributed by atoms with Crippen LogP contribution in [0.1, 0.15) is 25.8 Å². The summed E-state index contributed by atoms with van der Waals surface area (Å²) >= 11 is 1.90. The Kier molecular flexibility index (Phi) is 4.23. The molecule has 0 amide bonds. The molecule has 1 aromatic rings. The van der Waals surface area contributed by atoms with E-state index in [9.17, 15) is 0 Å². The van der Waals surface area contributed by atoms with Gasteiger partial charge in [0.05, 0.1) is 0 Å². The first-order chi connectivity index (χ1) is 5.86. The molecule has 1 aromatic carbocycles. The minimum Gasteiger partial charge on any atom is -0.126 e. The van der Waals surface area contributed by atoms with Crippen LogP contribution in [-0.2, 0) is 6.42 Å². The number of hydrogen-bond acceptors (Lipinski definition) is 1. The molecule has 0 spiro atoms. The predicted molar refractivity (Wildman–Crippen MR) is 56.8 cm³/mol. The standard InChI is InChI=1S/C11H16S/c1-3-5-10-6-8-11(9-7-10)12-4-2/h6-9H,3-5H2,1-2H3. The summed E-state index contributed by atoms with van der Waals surface area (Å²) in [7, 11) is 0. The van der Waals surface area contributed by atoms with Gasteiger partial charge in [-0.15, -0.1) is 11.8 Å². The van der Waals surface area contributed by atoms with Crippen molar-refractivity contribution < 1.29 is 0 Å². The summed E-state index contributed by atoms with van der Waals surface area (Å²) < 4.78 is 0. The Morgan fingerprint density at radius 1 is 1.08 bits per heavy atom. The van der Waals surface area contributed by atoms with Crippen LogP contribution in [-0.4, -0.2) is 5.75 Å². The van der Waals surface area contributed by atoms with Crippen molar-refractivity contribution in [2.75, 3.05) is 5.75 Å². The normalized spacial score (nSPS) is 10.2. The van der Waals surface area contributed by atoms with Crippen molar-refractivity contribution >= 4 is 11.8 Å². The molecule has 0 N–H and O–H groups in total. The lowest BCUT2D eigenvalue weighted by molar-refractivity contribution is 0.920. The quantitative estimate of drug-likeness (QED) is 0.636. The molecule has 0 heterocycles. The van der Waals surface area contributed by atoms with Crippen molar-refractivity contribution in [2.24, 2.45) is 0 Å². The van der Waals surface area contributed by atoms with Crippen LogP contribution in [0.4, 0.5) is 0 Å². The van der Waals surface area contributed by atoms with Crippen molar-refractivity contribution in [3.63, 3.8) is 0 Å². The highest BCUT2D eigenvalue weighted by Crippen LogP contribution is 2.18. The minimum absolute atomic E-state index is 1.16. The summed E-state index contributed by atoms with van der Waals surface area (Å²) in [4.78, 5) is 1.39. The van der Waals surface area contributed by atoms with Gasteiger partial charge in [-0.1, -0.05) is 32.4 Å². The smallest absolute Gasteiger partial charge is 0.00720 e. The van der Waals surface area contributed by atoms with Gasteiger partial charge in [-0.2, -0.15) is 0 Å². The molecule has 0 radical (unpaired) electrons. The fourth-order valence-corrected chi connectivity index (χ4v) is 1.87. The zero-order chi connectivity index (χ0) is 8.81. The highest BCUT2D eigenvalue weighted by atomic mass is 32.2. The van der Waals surface area contributed by atoms with Gasteiger partial charge >= 0.3 is 0 Å². The number of benzene rings is 1. The molecule has 0 unspecified atom stereocenters. The van der Waals surface area contributed by atoms with Crippen LogP contribution in [0, 0.1) is 0 Å². The highest BCUT2D eigenvalue weighted by Gasteiger charge is 1.92. The topological polar surface area (TPSA) is 0 Å². The molecule has 0 aliphatic carbocycles. The number of thioether (sulfide) groups is 1. The molecule has 12 heavy (non-hydrogen) atoms. The van der Waals surface area contributed by atoms with Gasteiger partial charge in [0.25, 0.3) is 0 Å². The van der Waals surface area contributed by atoms with Gasteiger partial charge < -0.3 is 0 Å². The molecule has 0 saturated carbocycles. The van der Waals surface area contributed by atoms with Gasteiger partial charge in [0.15, 0.2) is 0 Å². The average Bonchev–Trinajstić information content (AvgIpc) is 2.09. The molecule has 1 heteroatoms. The SMILES string of the molecule is CCCc1ccc(SCC)cc1. The third-order valence-corrected chi connectivity index (χ3v) is 2.67. The lowest BCUT2D eigenvalue weighted by atomic mass is 10.1. The molecule has 1 rings (SSSR count). The number of rotatable bonds is 4. The third-order valence-electron chi connectivity index (χ3n) is 1.77. The van der Waals surface area contributed by atoms with Gasteiger partial charge in [-0.25, -0.2) is 0 Å². The summed E-state index contributed by atoms with van der Waals surface area (Å²) in [5.74, 6) is 1.16. The van der Waals surface area contributed by atoms with Crippen LogP contribution in [0.3, 0.4) is 0 Å². The van der Waals surface area contributed by atoms with Gasteiger partial charge in [0, 0.05) is 4.90 Å². The third kappa shape index (κ3) is 2.90. The van der Waals surface area contributed by atoms with Gasteiger partial charge in [0.1, 0.15) is 0 Å². The molecule has 0 aliphatic heterocycles. The Bertz CT molecular complexity index is 188. The summed E-state index contributed by atoms with van der Waals surface area (Å²) in [5.41, 5.74) is 1.46. The van der Waals surface area contributed by atoms with Crippen LogP contribution in [0.25, 0.3) is 0 Å². The van der Waals surface area contributed by atoms with E-state index >= 15 is 0 Å². The lowest BCUT2D eigenvalue weighted by Crippen LogP contribution is -1.81. The van der Waals surface area contributed by atoms with Crippen molar-refractivity contribution in [1.82, 2.24) is 0 Å². The Balaban J connectivity index is 2.58. The first kappa shape index (κ1) is 9.66. The number of aryl methyl sites for hydroxylation is 1. The van der Waals surface area contributed by atoms with E-state index in [-0.39, 0.29) is 0 Å². The van der Waals surface area contributed by atoms with Crippen LogP contribution in [0.15, 0.2) is 29.2 Å². The molecule has 0 atom stereocenters. The second-order valence-corrected chi connectivity index (χ2v) is 4.16. The Morgan fingerprint density at radius 2 is 1.75 bits per heavy atom. The molecule has 0 aliphatic rings. The van der Waals surface area contributed by atoms with Crippen molar-refractivity contribution in [3.8, 4) is 0 Å². The summed E-state index contributed by atoms with van der Waals surface area (Å²) in [6.45, 7) is 4.40. The van der Waals surface area contributed by atoms with Crippen LogP contribution in [0.2, 0.25) is 0 Å². The van der Waals surface area contributed by atoms with Crippen LogP contribution < -0.4 is 0 Å². The van der Waals surface area contributed by atoms with Gasteiger partial charge in [0.2, 0.25) is 0 Å². The van der Waals surface area contributed by atoms with E-state index in [1.54, 1.807) is 0 Å². The maximum absolute atomic E-state index is 2.24. The minimum atomic E-state index is 1.16. The fraction of sp³-hybridized carbons (Fsp3) is 0.455. The van der Waals surface area contributed by atoms with E-state index in [4.69, 9.17) is 0 Å². The van der Waals surface area contributed by atoms with Gasteiger partial charge in [-0.3, -0.25) is 0 Å². The molecule has 0 nitrogen and oxygen atoms in total. The fourth-order valence-electron chi connectivity index (χ4n) is 1.21. The molecular formula is C11H16S. The zero-order valence-electron chi connectivity index (χ0n) is 7.84. The number of hydrogen-bond donors (Lipinski definition) is 0. The van der Waals surface area contributed by atoms with Crippen molar-refractivity contribution in [2.45, 2.75) is 31.6 Å². The van der Waals surface area contributed by atoms with E-state index in [0.29, 0.717) is 0 Å². The van der Waals surface area contributed by atoms with E-state index in [1.807, 2.05) is 11.8 Å². The zero-order valence-corrected chi connectivity index (χ0v) is 8.66. The van der Waals surface area contributed by atoms with E-state index < -0.39 is 0 Å². The molecule has 0 bridgehead atoms. The Hall–Kier alpha value is -0.430. The molecule has 66 valence electrons. The molecule has 0 fully saturated rings. The maximum atomic E-state index is 2.24. The second kappa shape index (κ2) is 5.26. The summed E-state index contributed by atoms with van der Waals surface area (Å²) in [6, 6.07) is 8.92. The van der Waals surface area contributed by atoms with E-state index in [1.165, 1.54) is 23.3 Å². The van der Waals surface area contributed by atoms with Crippen molar-refractivity contribution in [1.29, 1.82) is 0 Å². The first-order valence-corrected chi connectivity index (χ1v) is 5.57. The first-order valence-electron chi connectivity index (χ1n) is 4.58. The lowest BCUT2D eigenvalue weighted by Gasteiger charge is -2.00. The van der Waals surface area contributed by atoms with Crippen molar-refractivity contribution in [3.05, 3.63) is 29.8 Å². The summed E-state index contributed by atoms with van der Waals surface area (Å²) in [6.07, 6.45) is 2.44. The Morgan fingerprint density at radius 3 is 2.25 bits per heavy atom. The van der Waals surface area contributed by atoms with E-state index in [2.05, 4.69) is 38.1 Å². The average molecular weight is 180 g/mol. The van der Waals surface area contributed by atoms with Crippen LogP contribution >= 0.6 is 11.8 Å². The van der Waals surface area contributed by atoms with Crippen LogP contribution in [0.5, 0.6) is 0 Å². The maximum Gasteiger partial charge on any atom is 0.00720 e. The molecular weight excluding hydrogens is 164 g/mol. The highest BCUT2D eigenvalue weighted by molar-refractivity contribution is 7.99. The van der Waals surface area contributed by atoms with Gasteiger partial charge in [-0.05, 0) is 29.9 Å².